The van der Waals surface area contributed by atoms with Crippen molar-refractivity contribution >= 4 is 29.4 Å². The van der Waals surface area contributed by atoms with E-state index in [9.17, 15) is 27.6 Å². The zero-order valence-corrected chi connectivity index (χ0v) is 18.8. The van der Waals surface area contributed by atoms with E-state index in [0.29, 0.717) is 37.7 Å². The molecule has 0 saturated carbocycles. The van der Waals surface area contributed by atoms with Crippen LogP contribution in [0.5, 0.6) is 0 Å². The number of piperidine rings is 1. The van der Waals surface area contributed by atoms with Crippen LogP contribution in [0.15, 0.2) is 54.9 Å². The number of benzene rings is 2. The van der Waals surface area contributed by atoms with E-state index in [0.717, 1.165) is 12.1 Å². The van der Waals surface area contributed by atoms with Gasteiger partial charge in [-0.25, -0.2) is 27.9 Å². The highest BCUT2D eigenvalue weighted by Gasteiger charge is 2.26. The molecule has 3 N–H and O–H groups in total. The number of likely N-dealkylation sites (tertiary alicyclic amines) is 1. The molecule has 186 valence electrons. The molecule has 4 amide bonds. The minimum atomic E-state index is -1.06. The molecule has 9 nitrogen and oxygen atoms in total. The molecule has 0 unspecified atom stereocenters. The second-order valence-corrected chi connectivity index (χ2v) is 8.01. The van der Waals surface area contributed by atoms with Crippen molar-refractivity contribution in [1.29, 1.82) is 0 Å². The highest BCUT2D eigenvalue weighted by Crippen LogP contribution is 2.17. The summed E-state index contributed by atoms with van der Waals surface area (Å²) in [7, 11) is 0. The number of urea groups is 1. The van der Waals surface area contributed by atoms with Crippen molar-refractivity contribution in [1.82, 2.24) is 20.2 Å². The summed E-state index contributed by atoms with van der Waals surface area (Å²) in [4.78, 5) is 47.2. The molecule has 1 aliphatic heterocycles. The van der Waals surface area contributed by atoms with Gasteiger partial charge in [-0.1, -0.05) is 6.07 Å². The van der Waals surface area contributed by atoms with Gasteiger partial charge in [0, 0.05) is 43.3 Å². The molecule has 0 radical (unpaired) electrons. The smallest absolute Gasteiger partial charge is 0.321 e. The fourth-order valence-electron chi connectivity index (χ4n) is 3.69. The maximum atomic E-state index is 13.9. The van der Waals surface area contributed by atoms with Gasteiger partial charge in [-0.05, 0) is 43.2 Å². The first-order chi connectivity index (χ1) is 17.3. The van der Waals surface area contributed by atoms with Crippen LogP contribution in [0, 0.1) is 17.5 Å². The molecule has 0 aliphatic carbocycles. The summed E-state index contributed by atoms with van der Waals surface area (Å²) in [6.07, 6.45) is 3.42. The second-order valence-electron chi connectivity index (χ2n) is 8.01. The van der Waals surface area contributed by atoms with E-state index in [1.165, 1.54) is 30.6 Å². The van der Waals surface area contributed by atoms with Crippen LogP contribution in [0.1, 0.15) is 33.7 Å². The molecular formula is C24H21F3N6O3. The molecule has 1 saturated heterocycles. The van der Waals surface area contributed by atoms with Crippen LogP contribution in [0.4, 0.5) is 29.5 Å². The number of carbonyl (C=O) groups excluding carboxylic acids is 3. The van der Waals surface area contributed by atoms with E-state index >= 15 is 0 Å². The Hall–Kier alpha value is -4.48. The number of aromatic nitrogens is 2. The Morgan fingerprint density at radius 3 is 2.31 bits per heavy atom. The quantitative estimate of drug-likeness (QED) is 0.497. The summed E-state index contributed by atoms with van der Waals surface area (Å²) in [5, 5.41) is 7.76. The highest BCUT2D eigenvalue weighted by atomic mass is 19.1. The monoisotopic (exact) mass is 498 g/mol. The van der Waals surface area contributed by atoms with Gasteiger partial charge in [-0.3, -0.25) is 9.59 Å². The first-order valence-corrected chi connectivity index (χ1v) is 11.0. The molecule has 0 atom stereocenters. The summed E-state index contributed by atoms with van der Waals surface area (Å²) in [6.45, 7) is 0.694. The van der Waals surface area contributed by atoms with Crippen LogP contribution in [0.2, 0.25) is 0 Å². The number of anilines is 2. The summed E-state index contributed by atoms with van der Waals surface area (Å²) < 4.78 is 40.4. The molecule has 1 aliphatic rings. The molecule has 2 aromatic carbocycles. The van der Waals surface area contributed by atoms with E-state index in [2.05, 4.69) is 25.9 Å². The number of hydrogen-bond donors (Lipinski definition) is 3. The lowest BCUT2D eigenvalue weighted by Gasteiger charge is -2.32. The number of hydrogen-bond acceptors (Lipinski definition) is 5. The molecule has 36 heavy (non-hydrogen) atoms. The first-order valence-electron chi connectivity index (χ1n) is 11.0. The summed E-state index contributed by atoms with van der Waals surface area (Å²) in [6, 6.07) is 7.39. The second kappa shape index (κ2) is 10.8. The summed E-state index contributed by atoms with van der Waals surface area (Å²) in [5.74, 6) is -4.07. The summed E-state index contributed by atoms with van der Waals surface area (Å²) >= 11 is 0. The van der Waals surface area contributed by atoms with Crippen LogP contribution >= 0.6 is 0 Å². The number of nitrogens with one attached hydrogen (secondary N) is 3. The SMILES string of the molecule is O=C(Nc1nccnc1C(=O)NC1CCN(C(=O)Nc2cccc(F)c2)CC1)c1ccc(F)cc1F. The van der Waals surface area contributed by atoms with E-state index in [4.69, 9.17) is 0 Å². The van der Waals surface area contributed by atoms with E-state index in [1.54, 1.807) is 11.0 Å². The zero-order valence-electron chi connectivity index (χ0n) is 18.8. The van der Waals surface area contributed by atoms with Crippen LogP contribution in [0.3, 0.4) is 0 Å². The van der Waals surface area contributed by atoms with Crippen LogP contribution in [-0.4, -0.2) is 51.8 Å². The third-order valence-corrected chi connectivity index (χ3v) is 5.51. The van der Waals surface area contributed by atoms with Crippen LogP contribution < -0.4 is 16.0 Å². The molecule has 1 fully saturated rings. The third kappa shape index (κ3) is 5.95. The predicted molar refractivity (Wildman–Crippen MR) is 124 cm³/mol. The minimum Gasteiger partial charge on any atom is -0.348 e. The van der Waals surface area contributed by atoms with Crippen molar-refractivity contribution in [2.24, 2.45) is 0 Å². The lowest BCUT2D eigenvalue weighted by Crippen LogP contribution is -2.48. The van der Waals surface area contributed by atoms with Gasteiger partial charge in [0.1, 0.15) is 17.5 Å². The lowest BCUT2D eigenvalue weighted by molar-refractivity contribution is 0.0915. The fourth-order valence-corrected chi connectivity index (χ4v) is 3.69. The van der Waals surface area contributed by atoms with Gasteiger partial charge >= 0.3 is 6.03 Å². The van der Waals surface area contributed by atoms with E-state index in [1.807, 2.05) is 0 Å². The first kappa shape index (κ1) is 24.6. The Bertz CT molecular complexity index is 1300. The van der Waals surface area contributed by atoms with Gasteiger partial charge < -0.3 is 20.9 Å². The third-order valence-electron chi connectivity index (χ3n) is 5.51. The fraction of sp³-hybridized carbons (Fsp3) is 0.208. The molecule has 0 bridgehead atoms. The number of amides is 4. The highest BCUT2D eigenvalue weighted by molar-refractivity contribution is 6.07. The van der Waals surface area contributed by atoms with Crippen molar-refractivity contribution in [2.75, 3.05) is 23.7 Å². The Balaban J connectivity index is 1.34. The number of nitrogens with zero attached hydrogens (tertiary/aromatic N) is 3. The maximum absolute atomic E-state index is 13.9. The molecule has 0 spiro atoms. The molecule has 2 heterocycles. The predicted octanol–water partition coefficient (Wildman–Crippen LogP) is 3.57. The Labute approximate surface area is 203 Å². The average Bonchev–Trinajstić information content (AvgIpc) is 2.84. The number of carbonyl (C=O) groups is 3. The standard InChI is InChI=1S/C24H21F3N6O3/c25-14-2-1-3-17(12-14)31-24(36)33-10-6-16(7-11-33)30-23(35)20-21(29-9-8-28-20)32-22(34)18-5-4-15(26)13-19(18)27/h1-5,8-9,12-13,16H,6-7,10-11H2,(H,30,35)(H,31,36)(H,29,32,34). The summed E-state index contributed by atoms with van der Waals surface area (Å²) in [5.41, 5.74) is -0.259. The van der Waals surface area contributed by atoms with Crippen LogP contribution in [0.25, 0.3) is 0 Å². The Kier molecular flexibility index (Phi) is 7.42. The van der Waals surface area contributed by atoms with Crippen molar-refractivity contribution in [3.05, 3.63) is 83.6 Å². The van der Waals surface area contributed by atoms with Crippen molar-refractivity contribution in [2.45, 2.75) is 18.9 Å². The van der Waals surface area contributed by atoms with Crippen molar-refractivity contribution in [3.63, 3.8) is 0 Å². The van der Waals surface area contributed by atoms with Crippen LogP contribution in [-0.2, 0) is 0 Å². The molecule has 12 heteroatoms. The minimum absolute atomic E-state index is 0.181. The van der Waals surface area contributed by atoms with Gasteiger partial charge in [0.2, 0.25) is 0 Å². The number of halogens is 3. The van der Waals surface area contributed by atoms with Crippen molar-refractivity contribution < 1.29 is 27.6 Å². The van der Waals surface area contributed by atoms with Gasteiger partial charge in [-0.2, -0.15) is 0 Å². The van der Waals surface area contributed by atoms with Gasteiger partial charge in [-0.15, -0.1) is 0 Å². The van der Waals surface area contributed by atoms with Gasteiger partial charge in [0.25, 0.3) is 11.8 Å². The van der Waals surface area contributed by atoms with E-state index in [-0.39, 0.29) is 23.6 Å². The lowest BCUT2D eigenvalue weighted by atomic mass is 10.1. The van der Waals surface area contributed by atoms with Crippen molar-refractivity contribution in [3.8, 4) is 0 Å². The molecule has 3 aromatic rings. The van der Waals surface area contributed by atoms with E-state index < -0.39 is 34.8 Å². The molecule has 4 rings (SSSR count). The topological polar surface area (TPSA) is 116 Å². The van der Waals surface area contributed by atoms with Gasteiger partial charge in [0.15, 0.2) is 11.5 Å². The molecular weight excluding hydrogens is 477 g/mol. The Morgan fingerprint density at radius 1 is 0.861 bits per heavy atom. The normalized spacial score (nSPS) is 13.7. The molecule has 1 aromatic heterocycles. The average molecular weight is 498 g/mol. The van der Waals surface area contributed by atoms with Gasteiger partial charge in [0.05, 0.1) is 5.56 Å². The largest absolute Gasteiger partial charge is 0.348 e. The Morgan fingerprint density at radius 2 is 1.58 bits per heavy atom. The maximum Gasteiger partial charge on any atom is 0.321 e. The zero-order chi connectivity index (χ0) is 25.7. The number of rotatable bonds is 5.